The van der Waals surface area contributed by atoms with Crippen molar-refractivity contribution in [3.63, 3.8) is 0 Å². The third kappa shape index (κ3) is 3.35. The maximum Gasteiger partial charge on any atom is 0.214 e. The summed E-state index contributed by atoms with van der Waals surface area (Å²) in [6.07, 6.45) is 1.41. The van der Waals surface area contributed by atoms with E-state index in [0.29, 0.717) is 19.4 Å². The Balaban J connectivity index is 2.07. The standard InChI is InChI=1S/C19H18F2N2O3/c1-11-8-23(9-12(2)26-11)18-13(10-24)7-14(16(20)17(18)21)19(25)15-5-3-4-6-22-15/h3-7,10-12H,8-9H2,1-2H3/t11-,12+. The van der Waals surface area contributed by atoms with Crippen molar-refractivity contribution in [2.75, 3.05) is 18.0 Å². The zero-order valence-electron chi connectivity index (χ0n) is 14.4. The van der Waals surface area contributed by atoms with E-state index < -0.39 is 23.0 Å². The fourth-order valence-corrected chi connectivity index (χ4v) is 3.21. The summed E-state index contributed by atoms with van der Waals surface area (Å²) in [5.41, 5.74) is -0.757. The maximum absolute atomic E-state index is 14.8. The molecule has 0 aliphatic carbocycles. The Morgan fingerprint density at radius 2 is 1.92 bits per heavy atom. The number of halogens is 2. The summed E-state index contributed by atoms with van der Waals surface area (Å²) < 4.78 is 35.1. The summed E-state index contributed by atoms with van der Waals surface area (Å²) in [6.45, 7) is 4.26. The molecule has 1 saturated heterocycles. The summed E-state index contributed by atoms with van der Waals surface area (Å²) in [4.78, 5) is 29.4. The molecule has 2 aromatic rings. The summed E-state index contributed by atoms with van der Waals surface area (Å²) >= 11 is 0. The van der Waals surface area contributed by atoms with Crippen LogP contribution < -0.4 is 4.90 Å². The van der Waals surface area contributed by atoms with Crippen LogP contribution in [-0.4, -0.2) is 42.4 Å². The van der Waals surface area contributed by atoms with Crippen LogP contribution in [0.15, 0.2) is 30.5 Å². The maximum atomic E-state index is 14.8. The van der Waals surface area contributed by atoms with Gasteiger partial charge in [-0.15, -0.1) is 0 Å². The van der Waals surface area contributed by atoms with Crippen LogP contribution in [0.4, 0.5) is 14.5 Å². The van der Waals surface area contributed by atoms with E-state index in [9.17, 15) is 18.4 Å². The zero-order chi connectivity index (χ0) is 18.8. The highest BCUT2D eigenvalue weighted by Crippen LogP contribution is 2.31. The fourth-order valence-electron chi connectivity index (χ4n) is 3.21. The van der Waals surface area contributed by atoms with E-state index in [1.165, 1.54) is 12.3 Å². The lowest BCUT2D eigenvalue weighted by molar-refractivity contribution is -0.00547. The number of pyridine rings is 1. The van der Waals surface area contributed by atoms with E-state index in [0.717, 1.165) is 6.07 Å². The highest BCUT2D eigenvalue weighted by molar-refractivity contribution is 6.09. The Morgan fingerprint density at radius 3 is 2.50 bits per heavy atom. The van der Waals surface area contributed by atoms with Crippen molar-refractivity contribution in [1.82, 2.24) is 4.98 Å². The molecular weight excluding hydrogens is 342 g/mol. The first-order valence-electron chi connectivity index (χ1n) is 8.25. The minimum absolute atomic E-state index is 0.0241. The number of hydrogen-bond acceptors (Lipinski definition) is 5. The van der Waals surface area contributed by atoms with Gasteiger partial charge in [0.25, 0.3) is 0 Å². The Hall–Kier alpha value is -2.67. The van der Waals surface area contributed by atoms with E-state index in [-0.39, 0.29) is 29.2 Å². The first-order valence-corrected chi connectivity index (χ1v) is 8.25. The molecule has 26 heavy (non-hydrogen) atoms. The van der Waals surface area contributed by atoms with Gasteiger partial charge in [0.05, 0.1) is 23.5 Å². The minimum atomic E-state index is -1.28. The van der Waals surface area contributed by atoms with Crippen molar-refractivity contribution < 1.29 is 23.1 Å². The quantitative estimate of drug-likeness (QED) is 0.620. The first kappa shape index (κ1) is 18.1. The molecule has 1 aliphatic heterocycles. The molecule has 0 unspecified atom stereocenters. The van der Waals surface area contributed by atoms with Crippen LogP contribution in [0.2, 0.25) is 0 Å². The molecule has 0 N–H and O–H groups in total. The van der Waals surface area contributed by atoms with Gasteiger partial charge in [0.2, 0.25) is 5.78 Å². The van der Waals surface area contributed by atoms with E-state index >= 15 is 0 Å². The molecule has 2 atom stereocenters. The summed E-state index contributed by atoms with van der Waals surface area (Å²) in [5.74, 6) is -3.27. The minimum Gasteiger partial charge on any atom is -0.372 e. The largest absolute Gasteiger partial charge is 0.372 e. The van der Waals surface area contributed by atoms with E-state index in [1.54, 1.807) is 17.0 Å². The number of aldehydes is 1. The van der Waals surface area contributed by atoms with Gasteiger partial charge in [0.1, 0.15) is 5.69 Å². The number of anilines is 1. The molecule has 1 aromatic carbocycles. The smallest absolute Gasteiger partial charge is 0.214 e. The average Bonchev–Trinajstić information content (AvgIpc) is 2.63. The highest BCUT2D eigenvalue weighted by atomic mass is 19.2. The molecule has 1 fully saturated rings. The van der Waals surface area contributed by atoms with Crippen LogP contribution in [0.1, 0.15) is 40.3 Å². The second kappa shape index (κ2) is 7.29. The molecule has 0 amide bonds. The fraction of sp³-hybridized carbons (Fsp3) is 0.316. The van der Waals surface area contributed by atoms with Crippen molar-refractivity contribution in [2.45, 2.75) is 26.1 Å². The number of hydrogen-bond donors (Lipinski definition) is 0. The predicted octanol–water partition coefficient (Wildman–Crippen LogP) is 3.02. The molecule has 0 spiro atoms. The number of carbonyl (C=O) groups is 2. The van der Waals surface area contributed by atoms with Crippen molar-refractivity contribution in [3.8, 4) is 0 Å². The Bertz CT molecular complexity index is 832. The normalized spacial score (nSPS) is 20.1. The molecule has 1 aromatic heterocycles. The van der Waals surface area contributed by atoms with Crippen LogP contribution in [0.5, 0.6) is 0 Å². The van der Waals surface area contributed by atoms with Gasteiger partial charge >= 0.3 is 0 Å². The SMILES string of the molecule is C[C@@H]1CN(c2c(C=O)cc(C(=O)c3ccccn3)c(F)c2F)C[C@H](C)O1. The number of nitrogens with zero attached hydrogens (tertiary/aromatic N) is 2. The van der Waals surface area contributed by atoms with Crippen molar-refractivity contribution >= 4 is 17.8 Å². The molecule has 2 heterocycles. The number of carbonyl (C=O) groups excluding carboxylic acids is 2. The summed E-state index contributed by atoms with van der Waals surface area (Å²) in [7, 11) is 0. The number of rotatable bonds is 4. The van der Waals surface area contributed by atoms with Crippen LogP contribution in [0.3, 0.4) is 0 Å². The molecule has 1 aliphatic rings. The Morgan fingerprint density at radius 1 is 1.23 bits per heavy atom. The van der Waals surface area contributed by atoms with Crippen molar-refractivity contribution in [2.24, 2.45) is 0 Å². The van der Waals surface area contributed by atoms with Crippen molar-refractivity contribution in [1.29, 1.82) is 0 Å². The second-order valence-corrected chi connectivity index (χ2v) is 6.31. The van der Waals surface area contributed by atoms with Gasteiger partial charge < -0.3 is 9.64 Å². The van der Waals surface area contributed by atoms with Gasteiger partial charge in [-0.05, 0) is 32.0 Å². The first-order chi connectivity index (χ1) is 12.4. The lowest BCUT2D eigenvalue weighted by atomic mass is 10.0. The van der Waals surface area contributed by atoms with Gasteiger partial charge in [-0.1, -0.05) is 6.07 Å². The van der Waals surface area contributed by atoms with Crippen molar-refractivity contribution in [3.05, 3.63) is 58.9 Å². The van der Waals surface area contributed by atoms with Gasteiger partial charge in [-0.2, -0.15) is 0 Å². The van der Waals surface area contributed by atoms with Crippen LogP contribution >= 0.6 is 0 Å². The molecule has 0 bridgehead atoms. The summed E-state index contributed by atoms with van der Waals surface area (Å²) in [5, 5.41) is 0. The van der Waals surface area contributed by atoms with Crippen LogP contribution in [0, 0.1) is 11.6 Å². The van der Waals surface area contributed by atoms with Crippen LogP contribution in [-0.2, 0) is 4.74 Å². The molecule has 0 radical (unpaired) electrons. The third-order valence-electron chi connectivity index (χ3n) is 4.22. The van der Waals surface area contributed by atoms with Gasteiger partial charge in [-0.3, -0.25) is 14.6 Å². The lowest BCUT2D eigenvalue weighted by Gasteiger charge is -2.37. The number of ether oxygens (including phenoxy) is 1. The van der Waals surface area contributed by atoms with E-state index in [4.69, 9.17) is 4.74 Å². The van der Waals surface area contributed by atoms with Gasteiger partial charge in [0, 0.05) is 24.8 Å². The number of ketones is 1. The molecule has 3 rings (SSSR count). The molecule has 5 nitrogen and oxygen atoms in total. The lowest BCUT2D eigenvalue weighted by Crippen LogP contribution is -2.46. The van der Waals surface area contributed by atoms with E-state index in [2.05, 4.69) is 4.98 Å². The van der Waals surface area contributed by atoms with Gasteiger partial charge in [0.15, 0.2) is 17.9 Å². The van der Waals surface area contributed by atoms with E-state index in [1.807, 2.05) is 13.8 Å². The third-order valence-corrected chi connectivity index (χ3v) is 4.22. The van der Waals surface area contributed by atoms with Gasteiger partial charge in [-0.25, -0.2) is 8.78 Å². The Labute approximate surface area is 149 Å². The molecule has 136 valence electrons. The predicted molar refractivity (Wildman–Crippen MR) is 91.6 cm³/mol. The second-order valence-electron chi connectivity index (χ2n) is 6.31. The number of morpholine rings is 1. The molecular formula is C19H18F2N2O3. The monoisotopic (exact) mass is 360 g/mol. The topological polar surface area (TPSA) is 59.5 Å². The highest BCUT2D eigenvalue weighted by Gasteiger charge is 2.30. The average molecular weight is 360 g/mol. The molecule has 7 heteroatoms. The number of benzene rings is 1. The zero-order valence-corrected chi connectivity index (χ0v) is 14.4. The Kier molecular flexibility index (Phi) is 5.08. The van der Waals surface area contributed by atoms with Crippen LogP contribution in [0.25, 0.3) is 0 Å². The number of aromatic nitrogens is 1. The molecule has 0 saturated carbocycles. The summed E-state index contributed by atoms with van der Waals surface area (Å²) in [6, 6.07) is 5.66.